The number of hydrogen-bond acceptors (Lipinski definition) is 5. The second kappa shape index (κ2) is 10.0. The fourth-order valence-electron chi connectivity index (χ4n) is 4.54. The lowest BCUT2D eigenvalue weighted by molar-refractivity contribution is -0.118. The fraction of sp³-hybridized carbons (Fsp3) is 0.214. The van der Waals surface area contributed by atoms with E-state index in [0.29, 0.717) is 6.07 Å². The number of halogens is 2. The third-order valence-electron chi connectivity index (χ3n) is 6.65. The number of amides is 2. The first-order chi connectivity index (χ1) is 18.2. The Morgan fingerprint density at radius 3 is 2.61 bits per heavy atom. The molecule has 8 nitrogen and oxygen atoms in total. The van der Waals surface area contributed by atoms with Gasteiger partial charge in [0.05, 0.1) is 0 Å². The van der Waals surface area contributed by atoms with Gasteiger partial charge in [-0.25, -0.2) is 8.78 Å². The zero-order valence-electron chi connectivity index (χ0n) is 20.3. The lowest BCUT2D eigenvalue weighted by atomic mass is 10.0. The minimum atomic E-state index is -0.871. The second-order valence-electron chi connectivity index (χ2n) is 9.12. The number of carbonyl (C=O) groups excluding carboxylic acids is 3. The third-order valence-corrected chi connectivity index (χ3v) is 6.65. The number of rotatable bonds is 6. The topological polar surface area (TPSA) is 97.7 Å². The van der Waals surface area contributed by atoms with Crippen LogP contribution in [0.3, 0.4) is 0 Å². The number of nitrogens with zero attached hydrogens (tertiary/aromatic N) is 2. The maximum atomic E-state index is 14.1. The number of benzene rings is 2. The van der Waals surface area contributed by atoms with Gasteiger partial charge in [0.2, 0.25) is 5.43 Å². The second-order valence-corrected chi connectivity index (χ2v) is 9.12. The van der Waals surface area contributed by atoms with E-state index in [1.54, 1.807) is 37.3 Å². The van der Waals surface area contributed by atoms with E-state index in [1.807, 2.05) is 6.07 Å². The standard InChI is InChI=1S/C28H23F2N3O5/c1-16-7-10-23(34)22-14-32(16)28(37)24-26(38-15-17-5-3-2-4-6-17)25(35)20(13-33(22)24)27(36)31-12-18-8-9-19(29)11-21(18)30/h2-11,13,16,22H,12,14-15H2,1H3,(H,31,36)/t16-,22+/m0/s1. The Morgan fingerprint density at radius 1 is 1.11 bits per heavy atom. The van der Waals surface area contributed by atoms with Crippen LogP contribution in [0.5, 0.6) is 5.75 Å². The van der Waals surface area contributed by atoms with Crippen molar-refractivity contribution in [3.05, 3.63) is 111 Å². The molecule has 2 aliphatic rings. The molecule has 1 N–H and O–H groups in total. The van der Waals surface area contributed by atoms with Crippen LogP contribution in [0.25, 0.3) is 0 Å². The van der Waals surface area contributed by atoms with Crippen molar-refractivity contribution in [1.29, 1.82) is 0 Å². The van der Waals surface area contributed by atoms with Crippen LogP contribution < -0.4 is 15.5 Å². The fourth-order valence-corrected chi connectivity index (χ4v) is 4.54. The van der Waals surface area contributed by atoms with Gasteiger partial charge in [0.15, 0.2) is 17.2 Å². The zero-order valence-corrected chi connectivity index (χ0v) is 20.3. The van der Waals surface area contributed by atoms with Crippen molar-refractivity contribution in [3.63, 3.8) is 0 Å². The molecule has 2 bridgehead atoms. The van der Waals surface area contributed by atoms with Crippen LogP contribution in [-0.2, 0) is 17.9 Å². The van der Waals surface area contributed by atoms with Gasteiger partial charge in [0, 0.05) is 37.0 Å². The predicted molar refractivity (Wildman–Crippen MR) is 133 cm³/mol. The van der Waals surface area contributed by atoms with Crippen LogP contribution in [0, 0.1) is 11.6 Å². The Hall–Kier alpha value is -4.60. The Kier molecular flexibility index (Phi) is 6.62. The third kappa shape index (κ3) is 4.60. The molecule has 2 aliphatic heterocycles. The van der Waals surface area contributed by atoms with Crippen LogP contribution in [0.2, 0.25) is 0 Å². The van der Waals surface area contributed by atoms with Crippen molar-refractivity contribution in [3.8, 4) is 5.75 Å². The van der Waals surface area contributed by atoms with E-state index in [-0.39, 0.29) is 48.0 Å². The smallest absolute Gasteiger partial charge is 0.275 e. The molecule has 2 amide bonds. The number of hydrogen-bond donors (Lipinski definition) is 1. The number of ketones is 1. The molecule has 194 valence electrons. The van der Waals surface area contributed by atoms with Crippen molar-refractivity contribution in [2.75, 3.05) is 6.54 Å². The number of aromatic nitrogens is 1. The summed E-state index contributed by atoms with van der Waals surface area (Å²) in [6.45, 7) is 1.44. The first-order valence-electron chi connectivity index (χ1n) is 12.0. The maximum absolute atomic E-state index is 14.1. The van der Waals surface area contributed by atoms with Crippen molar-refractivity contribution < 1.29 is 27.9 Å². The van der Waals surface area contributed by atoms with E-state index in [9.17, 15) is 28.0 Å². The maximum Gasteiger partial charge on any atom is 0.275 e. The van der Waals surface area contributed by atoms with Gasteiger partial charge in [0.1, 0.15) is 29.8 Å². The molecule has 0 radical (unpaired) electrons. The van der Waals surface area contributed by atoms with Gasteiger partial charge in [-0.3, -0.25) is 19.2 Å². The molecule has 0 unspecified atom stereocenters. The lowest BCUT2D eigenvalue weighted by Gasteiger charge is -2.36. The summed E-state index contributed by atoms with van der Waals surface area (Å²) in [6, 6.07) is 10.6. The first kappa shape index (κ1) is 25.1. The van der Waals surface area contributed by atoms with Crippen LogP contribution in [0.4, 0.5) is 8.78 Å². The largest absolute Gasteiger partial charge is 0.483 e. The molecule has 5 rings (SSSR count). The predicted octanol–water partition coefficient (Wildman–Crippen LogP) is 3.16. The van der Waals surface area contributed by atoms with Gasteiger partial charge in [-0.1, -0.05) is 42.5 Å². The number of nitrogens with one attached hydrogen (secondary N) is 1. The summed E-state index contributed by atoms with van der Waals surface area (Å²) < 4.78 is 34.5. The minimum Gasteiger partial charge on any atom is -0.483 e. The molecule has 0 saturated carbocycles. The van der Waals surface area contributed by atoms with E-state index in [2.05, 4.69) is 5.32 Å². The molecule has 2 aromatic carbocycles. The molecule has 38 heavy (non-hydrogen) atoms. The molecular weight excluding hydrogens is 496 g/mol. The van der Waals surface area contributed by atoms with Crippen LogP contribution in [-0.4, -0.2) is 39.7 Å². The number of ether oxygens (including phenoxy) is 1. The van der Waals surface area contributed by atoms with Gasteiger partial charge in [-0.2, -0.15) is 0 Å². The summed E-state index contributed by atoms with van der Waals surface area (Å²) in [4.78, 5) is 54.6. The van der Waals surface area contributed by atoms with Crippen LogP contribution >= 0.6 is 0 Å². The van der Waals surface area contributed by atoms with Gasteiger partial charge >= 0.3 is 0 Å². The summed E-state index contributed by atoms with van der Waals surface area (Å²) in [5.41, 5.74) is -0.603. The lowest BCUT2D eigenvalue weighted by Crippen LogP contribution is -2.49. The summed E-state index contributed by atoms with van der Waals surface area (Å²) in [6.07, 6.45) is 4.17. The minimum absolute atomic E-state index is 0.0160. The SMILES string of the molecule is C[C@H]1C=CC(=O)[C@H]2CN1C(=O)c1c(OCc3ccccc3)c(=O)c(C(=O)NCc3ccc(F)cc3F)cn12. The Bertz CT molecular complexity index is 1530. The number of allylic oxidation sites excluding steroid dienone is 1. The normalized spacial score (nSPS) is 18.1. The van der Waals surface area contributed by atoms with E-state index >= 15 is 0 Å². The number of carbonyl (C=O) groups is 3. The van der Waals surface area contributed by atoms with E-state index in [0.717, 1.165) is 11.6 Å². The number of pyridine rings is 1. The molecule has 0 saturated heterocycles. The summed E-state index contributed by atoms with van der Waals surface area (Å²) in [5.74, 6) is -3.63. The Balaban J connectivity index is 1.57. The van der Waals surface area contributed by atoms with E-state index in [1.165, 1.54) is 27.8 Å². The van der Waals surface area contributed by atoms with E-state index < -0.39 is 41.0 Å². The zero-order chi connectivity index (χ0) is 27.0. The van der Waals surface area contributed by atoms with Crippen molar-refractivity contribution in [2.45, 2.75) is 32.2 Å². The highest BCUT2D eigenvalue weighted by Crippen LogP contribution is 2.31. The first-order valence-corrected chi connectivity index (χ1v) is 12.0. The van der Waals surface area contributed by atoms with Crippen LogP contribution in [0.15, 0.2) is 71.7 Å². The van der Waals surface area contributed by atoms with Gasteiger partial charge < -0.3 is 19.5 Å². The quantitative estimate of drug-likeness (QED) is 0.540. The molecule has 0 aliphatic carbocycles. The van der Waals surface area contributed by atoms with E-state index in [4.69, 9.17) is 4.74 Å². The van der Waals surface area contributed by atoms with Crippen LogP contribution in [0.1, 0.15) is 44.9 Å². The molecular formula is C28H23F2N3O5. The molecule has 10 heteroatoms. The highest BCUT2D eigenvalue weighted by molar-refractivity contribution is 6.03. The van der Waals surface area contributed by atoms with Crippen molar-refractivity contribution in [2.24, 2.45) is 0 Å². The summed E-state index contributed by atoms with van der Waals surface area (Å²) >= 11 is 0. The molecule has 2 atom stereocenters. The van der Waals surface area contributed by atoms with Gasteiger partial charge in [-0.05, 0) is 24.6 Å². The Morgan fingerprint density at radius 2 is 1.87 bits per heavy atom. The molecule has 0 fully saturated rings. The molecule has 3 heterocycles. The average molecular weight is 520 g/mol. The monoisotopic (exact) mass is 519 g/mol. The molecule has 3 aromatic rings. The highest BCUT2D eigenvalue weighted by atomic mass is 19.1. The number of fused-ring (bicyclic) bond motifs is 4. The molecule has 0 spiro atoms. The Labute approximate surface area is 216 Å². The van der Waals surface area contributed by atoms with Crippen molar-refractivity contribution >= 4 is 17.6 Å². The van der Waals surface area contributed by atoms with Crippen molar-refractivity contribution in [1.82, 2.24) is 14.8 Å². The summed E-state index contributed by atoms with van der Waals surface area (Å²) in [7, 11) is 0. The summed E-state index contributed by atoms with van der Waals surface area (Å²) in [5, 5.41) is 2.46. The molecule has 1 aromatic heterocycles. The highest BCUT2D eigenvalue weighted by Gasteiger charge is 2.41. The average Bonchev–Trinajstić information content (AvgIpc) is 3.03. The van der Waals surface area contributed by atoms with Gasteiger partial charge in [-0.15, -0.1) is 0 Å². The van der Waals surface area contributed by atoms with Gasteiger partial charge in [0.25, 0.3) is 11.8 Å².